The molecule has 5 heteroatoms. The van der Waals surface area contributed by atoms with E-state index in [0.717, 1.165) is 51.2 Å². The summed E-state index contributed by atoms with van der Waals surface area (Å²) < 4.78 is 0. The molecule has 150 valence electrons. The molecule has 1 aliphatic rings. The molecule has 1 amide bonds. The molecule has 1 aromatic heterocycles. The van der Waals surface area contributed by atoms with Gasteiger partial charge in [-0.3, -0.25) is 4.79 Å². The maximum atomic E-state index is 12.5. The van der Waals surface area contributed by atoms with E-state index in [-0.39, 0.29) is 11.9 Å². The number of para-hydroxylation sites is 2. The fourth-order valence-electron chi connectivity index (χ4n) is 4.11. The van der Waals surface area contributed by atoms with Gasteiger partial charge in [-0.1, -0.05) is 43.3 Å². The Morgan fingerprint density at radius 3 is 2.63 bits per heavy atom. The lowest BCUT2D eigenvalue weighted by Crippen LogP contribution is -2.37. The Hall–Kier alpha value is -3.60. The molecule has 4 aromatic rings. The Kier molecular flexibility index (Phi) is 4.51. The lowest BCUT2D eigenvalue weighted by atomic mass is 9.99. The van der Waals surface area contributed by atoms with E-state index < -0.39 is 0 Å². The van der Waals surface area contributed by atoms with Crippen LogP contribution in [0, 0.1) is 0 Å². The molecular formula is C25H24N4O. The first-order valence-corrected chi connectivity index (χ1v) is 10.3. The molecule has 2 N–H and O–H groups in total. The number of aromatic nitrogens is 2. The van der Waals surface area contributed by atoms with Gasteiger partial charge in [0.2, 0.25) is 5.91 Å². The summed E-state index contributed by atoms with van der Waals surface area (Å²) in [6, 6.07) is 22.7. The number of benzene rings is 3. The SMILES string of the molecule is CCC1Nc2ccc(-c3cccc(-c4nc5ccccc5[nH]4)c3)cc2CN(C)C1=O. The van der Waals surface area contributed by atoms with Gasteiger partial charge in [-0.2, -0.15) is 0 Å². The van der Waals surface area contributed by atoms with Gasteiger partial charge in [0.25, 0.3) is 0 Å². The van der Waals surface area contributed by atoms with Crippen molar-refractivity contribution in [2.75, 3.05) is 12.4 Å². The van der Waals surface area contributed by atoms with Crippen LogP contribution in [0.15, 0.2) is 66.7 Å². The van der Waals surface area contributed by atoms with Crippen LogP contribution in [0.2, 0.25) is 0 Å². The summed E-state index contributed by atoms with van der Waals surface area (Å²) in [5.41, 5.74) is 7.48. The third-order valence-electron chi connectivity index (χ3n) is 5.78. The number of imidazole rings is 1. The molecule has 0 bridgehead atoms. The van der Waals surface area contributed by atoms with Crippen LogP contribution in [-0.4, -0.2) is 33.9 Å². The van der Waals surface area contributed by atoms with Crippen LogP contribution in [0.1, 0.15) is 18.9 Å². The van der Waals surface area contributed by atoms with E-state index in [4.69, 9.17) is 4.98 Å². The minimum atomic E-state index is -0.168. The third kappa shape index (κ3) is 3.22. The Morgan fingerprint density at radius 2 is 1.80 bits per heavy atom. The van der Waals surface area contributed by atoms with Crippen LogP contribution in [0.4, 0.5) is 5.69 Å². The van der Waals surface area contributed by atoms with Crippen molar-refractivity contribution in [1.82, 2.24) is 14.9 Å². The van der Waals surface area contributed by atoms with Gasteiger partial charge >= 0.3 is 0 Å². The summed E-state index contributed by atoms with van der Waals surface area (Å²) in [5, 5.41) is 3.41. The molecular weight excluding hydrogens is 372 g/mol. The number of carbonyl (C=O) groups is 1. The first kappa shape index (κ1) is 18.4. The molecule has 1 atom stereocenters. The highest BCUT2D eigenvalue weighted by molar-refractivity contribution is 5.87. The molecule has 3 aromatic carbocycles. The largest absolute Gasteiger partial charge is 0.373 e. The number of rotatable bonds is 3. The lowest BCUT2D eigenvalue weighted by Gasteiger charge is -2.19. The minimum Gasteiger partial charge on any atom is -0.373 e. The summed E-state index contributed by atoms with van der Waals surface area (Å²) in [6.07, 6.45) is 0.768. The lowest BCUT2D eigenvalue weighted by molar-refractivity contribution is -0.131. The summed E-state index contributed by atoms with van der Waals surface area (Å²) in [7, 11) is 1.87. The maximum Gasteiger partial charge on any atom is 0.245 e. The van der Waals surface area contributed by atoms with E-state index >= 15 is 0 Å². The fourth-order valence-corrected chi connectivity index (χ4v) is 4.11. The van der Waals surface area contributed by atoms with Crippen LogP contribution in [0.3, 0.4) is 0 Å². The third-order valence-corrected chi connectivity index (χ3v) is 5.78. The van der Waals surface area contributed by atoms with Gasteiger partial charge in [-0.15, -0.1) is 0 Å². The van der Waals surface area contributed by atoms with Gasteiger partial charge < -0.3 is 15.2 Å². The van der Waals surface area contributed by atoms with Gasteiger partial charge in [0.15, 0.2) is 0 Å². The van der Waals surface area contributed by atoms with Crippen LogP contribution < -0.4 is 5.32 Å². The molecule has 0 spiro atoms. The molecule has 2 heterocycles. The van der Waals surface area contributed by atoms with Crippen molar-refractivity contribution in [3.63, 3.8) is 0 Å². The number of nitrogens with zero attached hydrogens (tertiary/aromatic N) is 2. The smallest absolute Gasteiger partial charge is 0.245 e. The van der Waals surface area contributed by atoms with Gasteiger partial charge in [0.05, 0.1) is 11.0 Å². The summed E-state index contributed by atoms with van der Waals surface area (Å²) in [4.78, 5) is 22.5. The zero-order chi connectivity index (χ0) is 20.7. The van der Waals surface area contributed by atoms with Crippen molar-refractivity contribution in [2.45, 2.75) is 25.9 Å². The molecule has 0 saturated heterocycles. The predicted molar refractivity (Wildman–Crippen MR) is 121 cm³/mol. The number of nitrogens with one attached hydrogen (secondary N) is 2. The second-order valence-electron chi connectivity index (χ2n) is 7.85. The molecule has 30 heavy (non-hydrogen) atoms. The van der Waals surface area contributed by atoms with E-state index in [2.05, 4.69) is 52.8 Å². The number of fused-ring (bicyclic) bond motifs is 2. The van der Waals surface area contributed by atoms with Crippen LogP contribution >= 0.6 is 0 Å². The molecule has 0 aliphatic carbocycles. The second-order valence-corrected chi connectivity index (χ2v) is 7.85. The molecule has 1 unspecified atom stereocenters. The predicted octanol–water partition coefficient (Wildman–Crippen LogP) is 5.06. The Balaban J connectivity index is 1.52. The van der Waals surface area contributed by atoms with Gasteiger partial charge in [0, 0.05) is 24.8 Å². The van der Waals surface area contributed by atoms with Gasteiger partial charge in [0.1, 0.15) is 11.9 Å². The van der Waals surface area contributed by atoms with Crippen LogP contribution in [0.5, 0.6) is 0 Å². The van der Waals surface area contributed by atoms with Crippen molar-refractivity contribution in [3.8, 4) is 22.5 Å². The van der Waals surface area contributed by atoms with Crippen molar-refractivity contribution in [2.24, 2.45) is 0 Å². The summed E-state index contributed by atoms with van der Waals surface area (Å²) in [6.45, 7) is 2.64. The van der Waals surface area contributed by atoms with E-state index in [9.17, 15) is 4.79 Å². The van der Waals surface area contributed by atoms with E-state index in [1.54, 1.807) is 0 Å². The van der Waals surface area contributed by atoms with Crippen molar-refractivity contribution >= 4 is 22.6 Å². The first-order valence-electron chi connectivity index (χ1n) is 10.3. The number of H-pyrrole nitrogens is 1. The van der Waals surface area contributed by atoms with E-state index in [0.29, 0.717) is 6.54 Å². The maximum absolute atomic E-state index is 12.5. The second kappa shape index (κ2) is 7.34. The highest BCUT2D eigenvalue weighted by Crippen LogP contribution is 2.31. The molecule has 1 aliphatic heterocycles. The Morgan fingerprint density at radius 1 is 1.00 bits per heavy atom. The minimum absolute atomic E-state index is 0.141. The monoisotopic (exact) mass is 396 g/mol. The molecule has 5 rings (SSSR count). The Labute approximate surface area is 175 Å². The highest BCUT2D eigenvalue weighted by Gasteiger charge is 2.25. The van der Waals surface area contributed by atoms with Crippen molar-refractivity contribution < 1.29 is 4.79 Å². The van der Waals surface area contributed by atoms with Crippen molar-refractivity contribution in [3.05, 3.63) is 72.3 Å². The van der Waals surface area contributed by atoms with Gasteiger partial charge in [-0.25, -0.2) is 4.98 Å². The normalized spacial score (nSPS) is 16.3. The number of carbonyl (C=O) groups excluding carboxylic acids is 1. The topological polar surface area (TPSA) is 61.0 Å². The zero-order valence-electron chi connectivity index (χ0n) is 17.1. The number of hydrogen-bond acceptors (Lipinski definition) is 3. The number of anilines is 1. The average Bonchev–Trinajstić information content (AvgIpc) is 3.17. The molecule has 0 radical (unpaired) electrons. The zero-order valence-corrected chi connectivity index (χ0v) is 17.1. The van der Waals surface area contributed by atoms with Gasteiger partial charge in [-0.05, 0) is 53.4 Å². The van der Waals surface area contributed by atoms with Crippen LogP contribution in [0.25, 0.3) is 33.5 Å². The first-order chi connectivity index (χ1) is 14.6. The molecule has 0 fully saturated rings. The summed E-state index contributed by atoms with van der Waals surface area (Å²) in [5.74, 6) is 1.01. The number of likely N-dealkylation sites (N-methyl/N-ethyl adjacent to an activating group) is 1. The van der Waals surface area contributed by atoms with E-state index in [1.807, 2.05) is 43.1 Å². The molecule has 0 saturated carbocycles. The standard InChI is InChI=1S/C25H24N4O/c1-3-20-25(30)29(2)15-19-14-17(11-12-21(19)26-20)16-7-6-8-18(13-16)24-27-22-9-4-5-10-23(22)28-24/h4-14,20,26H,3,15H2,1-2H3,(H,27,28). The average molecular weight is 396 g/mol. The fraction of sp³-hybridized carbons (Fsp3) is 0.200. The summed E-state index contributed by atoms with van der Waals surface area (Å²) >= 11 is 0. The van der Waals surface area contributed by atoms with Crippen LogP contribution in [-0.2, 0) is 11.3 Å². The highest BCUT2D eigenvalue weighted by atomic mass is 16.2. The molecule has 5 nitrogen and oxygen atoms in total. The number of aromatic amines is 1. The van der Waals surface area contributed by atoms with Crippen molar-refractivity contribution in [1.29, 1.82) is 0 Å². The quantitative estimate of drug-likeness (QED) is 0.509. The number of amides is 1. The number of hydrogen-bond donors (Lipinski definition) is 2. The Bertz CT molecular complexity index is 1210. The van der Waals surface area contributed by atoms with E-state index in [1.165, 1.54) is 0 Å².